The normalized spacial score (nSPS) is 17.2. The van der Waals surface area contributed by atoms with Gasteiger partial charge in [0, 0.05) is 26.1 Å². The minimum atomic E-state index is 0.414. The third-order valence-electron chi connectivity index (χ3n) is 3.82. The number of aliphatic imine (C=N–C) groups is 1. The van der Waals surface area contributed by atoms with Crippen molar-refractivity contribution in [2.45, 2.75) is 65.1 Å². The van der Waals surface area contributed by atoms with E-state index < -0.39 is 0 Å². The molecule has 20 heavy (non-hydrogen) atoms. The molecule has 1 unspecified atom stereocenters. The van der Waals surface area contributed by atoms with Gasteiger partial charge >= 0.3 is 0 Å². The first kappa shape index (κ1) is 14.8. The maximum Gasteiger partial charge on any atom is 0.191 e. The molecule has 2 N–H and O–H groups in total. The monoisotopic (exact) mass is 278 g/mol. The number of aromatic nitrogens is 3. The number of nitrogens with one attached hydrogen (secondary N) is 2. The Hall–Kier alpha value is -1.59. The van der Waals surface area contributed by atoms with Crippen LogP contribution in [0.1, 0.15) is 51.2 Å². The summed E-state index contributed by atoms with van der Waals surface area (Å²) in [4.78, 5) is 4.24. The highest BCUT2D eigenvalue weighted by Crippen LogP contribution is 2.14. The van der Waals surface area contributed by atoms with Crippen molar-refractivity contribution >= 4 is 5.96 Å². The van der Waals surface area contributed by atoms with Crippen molar-refractivity contribution in [3.8, 4) is 0 Å². The molecule has 6 heteroatoms. The van der Waals surface area contributed by atoms with E-state index in [0.717, 1.165) is 37.0 Å². The van der Waals surface area contributed by atoms with Gasteiger partial charge in [-0.3, -0.25) is 4.99 Å². The maximum atomic E-state index is 4.31. The quantitative estimate of drug-likeness (QED) is 0.646. The zero-order chi connectivity index (χ0) is 14.4. The third kappa shape index (κ3) is 3.71. The van der Waals surface area contributed by atoms with E-state index in [9.17, 15) is 0 Å². The smallest absolute Gasteiger partial charge is 0.191 e. The van der Waals surface area contributed by atoms with Gasteiger partial charge in [0.1, 0.15) is 5.82 Å². The fourth-order valence-electron chi connectivity index (χ4n) is 2.37. The lowest BCUT2D eigenvalue weighted by molar-refractivity contribution is 0.588. The molecule has 2 heterocycles. The molecule has 0 saturated heterocycles. The van der Waals surface area contributed by atoms with Crippen molar-refractivity contribution in [2.75, 3.05) is 7.05 Å². The van der Waals surface area contributed by atoms with E-state index in [4.69, 9.17) is 0 Å². The largest absolute Gasteiger partial charge is 0.354 e. The van der Waals surface area contributed by atoms with Crippen molar-refractivity contribution < 1.29 is 0 Å². The van der Waals surface area contributed by atoms with Crippen molar-refractivity contribution in [3.63, 3.8) is 0 Å². The Morgan fingerprint density at radius 3 is 2.95 bits per heavy atom. The Morgan fingerprint density at radius 2 is 2.20 bits per heavy atom. The summed E-state index contributed by atoms with van der Waals surface area (Å²) in [5.41, 5.74) is 0. The summed E-state index contributed by atoms with van der Waals surface area (Å²) in [5, 5.41) is 15.3. The molecule has 0 radical (unpaired) electrons. The van der Waals surface area contributed by atoms with Gasteiger partial charge in [-0.15, -0.1) is 10.2 Å². The molecule has 0 aliphatic carbocycles. The average molecular weight is 278 g/mol. The van der Waals surface area contributed by atoms with Gasteiger partial charge in [0.2, 0.25) is 0 Å². The summed E-state index contributed by atoms with van der Waals surface area (Å²) < 4.78 is 2.26. The molecule has 2 rings (SSSR count). The highest BCUT2D eigenvalue weighted by molar-refractivity contribution is 5.79. The second-order valence-corrected chi connectivity index (χ2v) is 5.37. The lowest BCUT2D eigenvalue weighted by Gasteiger charge is -2.16. The van der Waals surface area contributed by atoms with Gasteiger partial charge in [-0.1, -0.05) is 13.3 Å². The van der Waals surface area contributed by atoms with Gasteiger partial charge in [0.25, 0.3) is 0 Å². The topological polar surface area (TPSA) is 67.1 Å². The SMILES string of the molecule is CCC(C)NC(=NC)NCc1nnc2n1CCCCC2. The van der Waals surface area contributed by atoms with Crippen molar-refractivity contribution in [1.29, 1.82) is 0 Å². The fourth-order valence-corrected chi connectivity index (χ4v) is 2.37. The van der Waals surface area contributed by atoms with Gasteiger partial charge in [0.05, 0.1) is 6.54 Å². The Labute approximate surface area is 121 Å². The molecule has 0 aromatic carbocycles. The molecule has 6 nitrogen and oxygen atoms in total. The van der Waals surface area contributed by atoms with Gasteiger partial charge in [-0.25, -0.2) is 0 Å². The molecule has 112 valence electrons. The first-order valence-electron chi connectivity index (χ1n) is 7.62. The standard InChI is InChI=1S/C14H26N6/c1-4-11(2)17-14(15-3)16-10-13-19-18-12-8-6-5-7-9-20(12)13/h11H,4-10H2,1-3H3,(H2,15,16,17). The molecule has 0 fully saturated rings. The molecular formula is C14H26N6. The van der Waals surface area contributed by atoms with Crippen LogP contribution >= 0.6 is 0 Å². The highest BCUT2D eigenvalue weighted by atomic mass is 15.3. The third-order valence-corrected chi connectivity index (χ3v) is 3.82. The number of guanidine groups is 1. The number of hydrogen-bond donors (Lipinski definition) is 2. The van der Waals surface area contributed by atoms with E-state index in [1.165, 1.54) is 19.3 Å². The Morgan fingerprint density at radius 1 is 1.35 bits per heavy atom. The number of rotatable bonds is 4. The lowest BCUT2D eigenvalue weighted by atomic mass is 10.2. The average Bonchev–Trinajstić information content (AvgIpc) is 2.70. The molecule has 0 spiro atoms. The van der Waals surface area contributed by atoms with Crippen LogP contribution < -0.4 is 10.6 Å². The Bertz CT molecular complexity index is 451. The Kier molecular flexibility index (Phi) is 5.38. The number of fused-ring (bicyclic) bond motifs is 1. The van der Waals surface area contributed by atoms with E-state index in [1.807, 2.05) is 0 Å². The maximum absolute atomic E-state index is 4.31. The van der Waals surface area contributed by atoms with Crippen LogP contribution in [0.25, 0.3) is 0 Å². The summed E-state index contributed by atoms with van der Waals surface area (Å²) in [6.45, 7) is 6.01. The molecular weight excluding hydrogens is 252 g/mol. The van der Waals surface area contributed by atoms with E-state index in [2.05, 4.69) is 44.2 Å². The van der Waals surface area contributed by atoms with Crippen LogP contribution in [0.2, 0.25) is 0 Å². The predicted molar refractivity (Wildman–Crippen MR) is 80.7 cm³/mol. The van der Waals surface area contributed by atoms with Crippen molar-refractivity contribution in [2.24, 2.45) is 4.99 Å². The van der Waals surface area contributed by atoms with E-state index in [0.29, 0.717) is 12.6 Å². The second kappa shape index (κ2) is 7.26. The number of aryl methyl sites for hydroxylation is 1. The van der Waals surface area contributed by atoms with Crippen LogP contribution in [0.15, 0.2) is 4.99 Å². The molecule has 1 aromatic rings. The fraction of sp³-hybridized carbons (Fsp3) is 0.786. The van der Waals surface area contributed by atoms with E-state index >= 15 is 0 Å². The molecule has 0 bridgehead atoms. The first-order valence-corrected chi connectivity index (χ1v) is 7.62. The van der Waals surface area contributed by atoms with Crippen LogP contribution in [0.3, 0.4) is 0 Å². The molecule has 1 aromatic heterocycles. The van der Waals surface area contributed by atoms with Crippen LogP contribution in [-0.4, -0.2) is 33.8 Å². The van der Waals surface area contributed by atoms with Crippen LogP contribution in [0, 0.1) is 0 Å². The summed E-state index contributed by atoms with van der Waals surface area (Å²) in [6, 6.07) is 0.414. The summed E-state index contributed by atoms with van der Waals surface area (Å²) >= 11 is 0. The summed E-state index contributed by atoms with van der Waals surface area (Å²) in [6.07, 6.45) is 5.85. The molecule has 1 aliphatic heterocycles. The van der Waals surface area contributed by atoms with Crippen LogP contribution in [0.4, 0.5) is 0 Å². The highest BCUT2D eigenvalue weighted by Gasteiger charge is 2.14. The second-order valence-electron chi connectivity index (χ2n) is 5.37. The molecule has 0 amide bonds. The van der Waals surface area contributed by atoms with E-state index in [-0.39, 0.29) is 0 Å². The van der Waals surface area contributed by atoms with Crippen molar-refractivity contribution in [1.82, 2.24) is 25.4 Å². The number of hydrogen-bond acceptors (Lipinski definition) is 3. The first-order chi connectivity index (χ1) is 9.74. The molecule has 0 saturated carbocycles. The summed E-state index contributed by atoms with van der Waals surface area (Å²) in [5.74, 6) is 2.96. The lowest BCUT2D eigenvalue weighted by Crippen LogP contribution is -2.42. The summed E-state index contributed by atoms with van der Waals surface area (Å²) in [7, 11) is 1.79. The zero-order valence-electron chi connectivity index (χ0n) is 12.8. The predicted octanol–water partition coefficient (Wildman–Crippen LogP) is 1.47. The molecule has 1 atom stereocenters. The van der Waals surface area contributed by atoms with Gasteiger partial charge in [-0.05, 0) is 26.2 Å². The van der Waals surface area contributed by atoms with Crippen molar-refractivity contribution in [3.05, 3.63) is 11.6 Å². The minimum absolute atomic E-state index is 0.414. The van der Waals surface area contributed by atoms with Crippen LogP contribution in [0.5, 0.6) is 0 Å². The Balaban J connectivity index is 1.95. The molecule has 1 aliphatic rings. The van der Waals surface area contributed by atoms with Gasteiger partial charge in [0.15, 0.2) is 11.8 Å². The van der Waals surface area contributed by atoms with Crippen LogP contribution in [-0.2, 0) is 19.5 Å². The van der Waals surface area contributed by atoms with Gasteiger partial charge in [-0.2, -0.15) is 0 Å². The zero-order valence-corrected chi connectivity index (χ0v) is 12.8. The number of nitrogens with zero attached hydrogens (tertiary/aromatic N) is 4. The van der Waals surface area contributed by atoms with E-state index in [1.54, 1.807) is 7.05 Å². The minimum Gasteiger partial charge on any atom is -0.354 e. The van der Waals surface area contributed by atoms with Gasteiger partial charge < -0.3 is 15.2 Å².